The van der Waals surface area contributed by atoms with Gasteiger partial charge >= 0.3 is 0 Å². The maximum atomic E-state index is 10.5. The molecule has 0 heterocycles. The summed E-state index contributed by atoms with van der Waals surface area (Å²) in [7, 11) is 0. The van der Waals surface area contributed by atoms with Crippen LogP contribution in [0.25, 0.3) is 0 Å². The molecule has 0 atom stereocenters. The molecule has 1 fully saturated rings. The summed E-state index contributed by atoms with van der Waals surface area (Å²) in [5.41, 5.74) is 0.730. The minimum atomic E-state index is -0.404. The zero-order valence-electron chi connectivity index (χ0n) is 9.10. The number of anilines is 1. The summed E-state index contributed by atoms with van der Waals surface area (Å²) < 4.78 is 5.58. The third-order valence-electron chi connectivity index (χ3n) is 2.58. The van der Waals surface area contributed by atoms with Gasteiger partial charge in [-0.1, -0.05) is 0 Å². The second-order valence-electron chi connectivity index (χ2n) is 3.86. The molecule has 0 saturated heterocycles. The summed E-state index contributed by atoms with van der Waals surface area (Å²) in [5, 5.41) is 13.7. The number of ether oxygens (including phenoxy) is 1. The van der Waals surface area contributed by atoms with Gasteiger partial charge < -0.3 is 10.1 Å². The second kappa shape index (κ2) is 4.09. The molecule has 1 aromatic rings. The molecule has 86 valence electrons. The van der Waals surface area contributed by atoms with Crippen molar-refractivity contribution in [3.8, 4) is 0 Å². The number of benzene rings is 1. The van der Waals surface area contributed by atoms with E-state index in [4.69, 9.17) is 4.74 Å². The van der Waals surface area contributed by atoms with E-state index in [1.165, 1.54) is 12.1 Å². The number of hydrogen-bond donors (Lipinski definition) is 1. The molecule has 2 rings (SSSR count). The van der Waals surface area contributed by atoms with Crippen molar-refractivity contribution >= 4 is 11.4 Å². The average Bonchev–Trinajstić information content (AvgIpc) is 2.99. The highest BCUT2D eigenvalue weighted by Gasteiger charge is 2.43. The molecule has 1 saturated carbocycles. The van der Waals surface area contributed by atoms with E-state index >= 15 is 0 Å². The highest BCUT2D eigenvalue weighted by molar-refractivity contribution is 5.50. The first-order chi connectivity index (χ1) is 7.65. The van der Waals surface area contributed by atoms with Gasteiger partial charge in [0.15, 0.2) is 0 Å². The zero-order chi connectivity index (χ0) is 11.6. The lowest BCUT2D eigenvalue weighted by Gasteiger charge is -2.18. The summed E-state index contributed by atoms with van der Waals surface area (Å²) in [6.45, 7) is 2.62. The molecule has 5 heteroatoms. The van der Waals surface area contributed by atoms with Crippen LogP contribution >= 0.6 is 0 Å². The van der Waals surface area contributed by atoms with E-state index < -0.39 is 4.92 Å². The molecule has 5 nitrogen and oxygen atoms in total. The monoisotopic (exact) mass is 222 g/mol. The van der Waals surface area contributed by atoms with Crippen LogP contribution in [-0.4, -0.2) is 17.3 Å². The van der Waals surface area contributed by atoms with Gasteiger partial charge in [0.2, 0.25) is 0 Å². The Bertz CT molecular complexity index is 385. The number of nitro groups is 1. The summed E-state index contributed by atoms with van der Waals surface area (Å²) in [6, 6.07) is 6.39. The fourth-order valence-corrected chi connectivity index (χ4v) is 1.62. The number of nitro benzene ring substituents is 1. The highest BCUT2D eigenvalue weighted by Crippen LogP contribution is 2.40. The molecule has 0 bridgehead atoms. The number of non-ortho nitro benzene ring substituents is 1. The molecule has 1 aliphatic rings. The van der Waals surface area contributed by atoms with E-state index in [-0.39, 0.29) is 11.4 Å². The van der Waals surface area contributed by atoms with Crippen molar-refractivity contribution in [2.75, 3.05) is 11.9 Å². The van der Waals surface area contributed by atoms with E-state index in [2.05, 4.69) is 5.32 Å². The fraction of sp³-hybridized carbons (Fsp3) is 0.455. The number of rotatable bonds is 5. The van der Waals surface area contributed by atoms with Crippen molar-refractivity contribution in [2.24, 2.45) is 0 Å². The van der Waals surface area contributed by atoms with E-state index in [0.717, 1.165) is 18.5 Å². The number of nitrogens with one attached hydrogen (secondary N) is 1. The normalized spacial score (nSPS) is 16.8. The van der Waals surface area contributed by atoms with Crippen LogP contribution in [0.4, 0.5) is 11.4 Å². The number of hydrogen-bond acceptors (Lipinski definition) is 4. The first-order valence-electron chi connectivity index (χ1n) is 5.32. The van der Waals surface area contributed by atoms with Gasteiger partial charge in [-0.05, 0) is 31.9 Å². The minimum absolute atomic E-state index is 0.104. The molecular formula is C11H14N2O3. The Labute approximate surface area is 93.6 Å². The highest BCUT2D eigenvalue weighted by atomic mass is 16.6. The smallest absolute Gasteiger partial charge is 0.269 e. The van der Waals surface area contributed by atoms with E-state index in [1.807, 2.05) is 6.92 Å². The standard InChI is InChI=1S/C11H14N2O3/c1-2-16-11(7-8-11)12-9-3-5-10(6-4-9)13(14)15/h3-6,12H,2,7-8H2,1H3. The minimum Gasteiger partial charge on any atom is -0.358 e. The molecule has 0 spiro atoms. The van der Waals surface area contributed by atoms with Gasteiger partial charge in [-0.25, -0.2) is 0 Å². The van der Waals surface area contributed by atoms with Crippen LogP contribution < -0.4 is 5.32 Å². The van der Waals surface area contributed by atoms with Crippen LogP contribution in [-0.2, 0) is 4.74 Å². The van der Waals surface area contributed by atoms with Crippen molar-refractivity contribution in [1.29, 1.82) is 0 Å². The van der Waals surface area contributed by atoms with E-state index in [9.17, 15) is 10.1 Å². The van der Waals surface area contributed by atoms with Crippen molar-refractivity contribution in [3.63, 3.8) is 0 Å². The molecule has 0 aromatic heterocycles. The van der Waals surface area contributed by atoms with Crippen LogP contribution in [0.5, 0.6) is 0 Å². The van der Waals surface area contributed by atoms with Gasteiger partial charge in [0.05, 0.1) is 4.92 Å². The topological polar surface area (TPSA) is 64.4 Å². The van der Waals surface area contributed by atoms with Gasteiger partial charge in [-0.2, -0.15) is 0 Å². The average molecular weight is 222 g/mol. The van der Waals surface area contributed by atoms with Crippen molar-refractivity contribution < 1.29 is 9.66 Å². The van der Waals surface area contributed by atoms with E-state index in [1.54, 1.807) is 12.1 Å². The predicted molar refractivity (Wildman–Crippen MR) is 60.3 cm³/mol. The Kier molecular flexibility index (Phi) is 2.78. The zero-order valence-corrected chi connectivity index (χ0v) is 9.10. The van der Waals surface area contributed by atoms with Crippen LogP contribution in [0.3, 0.4) is 0 Å². The van der Waals surface area contributed by atoms with Crippen molar-refractivity contribution in [2.45, 2.75) is 25.5 Å². The quantitative estimate of drug-likeness (QED) is 0.472. The van der Waals surface area contributed by atoms with Crippen LogP contribution in [0.2, 0.25) is 0 Å². The summed E-state index contributed by atoms with van der Waals surface area (Å²) in [4.78, 5) is 10.1. The van der Waals surface area contributed by atoms with E-state index in [0.29, 0.717) is 6.61 Å². The molecule has 1 aliphatic carbocycles. The molecule has 0 amide bonds. The summed E-state index contributed by atoms with van der Waals surface area (Å²) in [6.07, 6.45) is 1.97. The maximum absolute atomic E-state index is 10.5. The molecule has 16 heavy (non-hydrogen) atoms. The third kappa shape index (κ3) is 2.30. The van der Waals surface area contributed by atoms with Gasteiger partial charge in [-0.3, -0.25) is 10.1 Å². The van der Waals surface area contributed by atoms with Gasteiger partial charge in [0, 0.05) is 24.4 Å². The first-order valence-corrected chi connectivity index (χ1v) is 5.32. The Morgan fingerprint density at radius 3 is 2.50 bits per heavy atom. The van der Waals surface area contributed by atoms with Crippen LogP contribution in [0, 0.1) is 10.1 Å². The molecule has 1 aromatic carbocycles. The second-order valence-corrected chi connectivity index (χ2v) is 3.86. The fourth-order valence-electron chi connectivity index (χ4n) is 1.62. The molecule has 0 radical (unpaired) electrons. The molecular weight excluding hydrogens is 208 g/mol. The van der Waals surface area contributed by atoms with Gasteiger partial charge in [-0.15, -0.1) is 0 Å². The van der Waals surface area contributed by atoms with Crippen molar-refractivity contribution in [1.82, 2.24) is 0 Å². The Balaban J connectivity index is 2.03. The molecule has 0 aliphatic heterocycles. The molecule has 0 unspecified atom stereocenters. The summed E-state index contributed by atoms with van der Waals surface area (Å²) >= 11 is 0. The Morgan fingerprint density at radius 2 is 2.06 bits per heavy atom. The lowest BCUT2D eigenvalue weighted by atomic mass is 10.3. The van der Waals surface area contributed by atoms with Crippen molar-refractivity contribution in [3.05, 3.63) is 34.4 Å². The number of nitrogens with zero attached hydrogens (tertiary/aromatic N) is 1. The van der Waals surface area contributed by atoms with Crippen LogP contribution in [0.15, 0.2) is 24.3 Å². The summed E-state index contributed by atoms with van der Waals surface area (Å²) in [5.74, 6) is 0. The van der Waals surface area contributed by atoms with Gasteiger partial charge in [0.25, 0.3) is 5.69 Å². The lowest BCUT2D eigenvalue weighted by molar-refractivity contribution is -0.384. The Hall–Kier alpha value is -1.62. The lowest BCUT2D eigenvalue weighted by Crippen LogP contribution is -2.24. The largest absolute Gasteiger partial charge is 0.358 e. The van der Waals surface area contributed by atoms with Crippen LogP contribution in [0.1, 0.15) is 19.8 Å². The Morgan fingerprint density at radius 1 is 1.44 bits per heavy atom. The SMILES string of the molecule is CCOC1(Nc2ccc([N+](=O)[O-])cc2)CC1. The first kappa shape index (κ1) is 10.9. The van der Waals surface area contributed by atoms with Gasteiger partial charge in [0.1, 0.15) is 5.72 Å². The third-order valence-corrected chi connectivity index (χ3v) is 2.58. The maximum Gasteiger partial charge on any atom is 0.269 e. The molecule has 1 N–H and O–H groups in total. The predicted octanol–water partition coefficient (Wildman–Crippen LogP) is 2.53.